The van der Waals surface area contributed by atoms with Gasteiger partial charge in [0.25, 0.3) is 0 Å². The Balaban J connectivity index is 4.06. The van der Waals surface area contributed by atoms with Crippen LogP contribution in [-0.4, -0.2) is 41.4 Å². The number of thiocarbonyl (C=S) groups is 1. The lowest BCUT2D eigenvalue weighted by Crippen LogP contribution is -2.40. The molecule has 0 aliphatic heterocycles. The number of sulfonamides is 1. The molecule has 2 atom stereocenters. The molecule has 0 spiro atoms. The predicted octanol–water partition coefficient (Wildman–Crippen LogP) is -0.651. The van der Waals surface area contributed by atoms with Gasteiger partial charge in [0.05, 0.1) is 4.99 Å². The van der Waals surface area contributed by atoms with Crippen molar-refractivity contribution >= 4 is 38.0 Å². The monoisotopic (exact) mass is 272 g/mol. The molecule has 0 radical (unpaired) electrons. The van der Waals surface area contributed by atoms with Gasteiger partial charge in [-0.05, 0) is 13.3 Å². The second kappa shape index (κ2) is 6.51. The Morgan fingerprint density at radius 1 is 1.60 bits per heavy atom. The number of rotatable bonds is 7. The Bertz CT molecular complexity index is 339. The lowest BCUT2D eigenvalue weighted by molar-refractivity contribution is 0.577. The first-order chi connectivity index (χ1) is 6.77. The lowest BCUT2D eigenvalue weighted by Gasteiger charge is -2.11. The van der Waals surface area contributed by atoms with Crippen molar-refractivity contribution in [2.45, 2.75) is 18.6 Å². The van der Waals surface area contributed by atoms with Crippen molar-refractivity contribution in [2.75, 3.05) is 18.6 Å². The molecule has 0 heterocycles. The highest BCUT2D eigenvalue weighted by molar-refractivity contribution is 7.93. The molecule has 8 heteroatoms. The van der Waals surface area contributed by atoms with E-state index in [9.17, 15) is 12.6 Å². The number of hydrogen-bond acceptors (Lipinski definition) is 4. The van der Waals surface area contributed by atoms with Crippen molar-refractivity contribution in [3.8, 4) is 0 Å². The van der Waals surface area contributed by atoms with Crippen LogP contribution in [0.2, 0.25) is 0 Å². The van der Waals surface area contributed by atoms with E-state index in [1.807, 2.05) is 0 Å². The van der Waals surface area contributed by atoms with Gasteiger partial charge in [-0.2, -0.15) is 0 Å². The zero-order valence-corrected chi connectivity index (χ0v) is 11.2. The maximum Gasteiger partial charge on any atom is 0.220 e. The van der Waals surface area contributed by atoms with Gasteiger partial charge in [-0.25, -0.2) is 13.1 Å². The maximum absolute atomic E-state index is 11.5. The molecule has 2 unspecified atom stereocenters. The summed E-state index contributed by atoms with van der Waals surface area (Å²) in [5, 5.41) is -0.875. The van der Waals surface area contributed by atoms with Crippen molar-refractivity contribution in [2.24, 2.45) is 5.73 Å². The van der Waals surface area contributed by atoms with Gasteiger partial charge in [-0.1, -0.05) is 12.2 Å². The Hall–Kier alpha value is -0.0500. The summed E-state index contributed by atoms with van der Waals surface area (Å²) >= 11 is 4.60. The van der Waals surface area contributed by atoms with Gasteiger partial charge in [0.1, 0.15) is 5.25 Å². The Kier molecular flexibility index (Phi) is 6.49. The first-order valence-corrected chi connectivity index (χ1v) is 8.03. The van der Waals surface area contributed by atoms with Crippen molar-refractivity contribution in [1.29, 1.82) is 0 Å². The smallest absolute Gasteiger partial charge is 0.220 e. The molecule has 0 aromatic rings. The fourth-order valence-corrected chi connectivity index (χ4v) is 2.68. The molecular formula is C7H16N2O3S3. The average Bonchev–Trinajstić information content (AvgIpc) is 2.10. The summed E-state index contributed by atoms with van der Waals surface area (Å²) in [5.41, 5.74) is 5.24. The van der Waals surface area contributed by atoms with Gasteiger partial charge in [0, 0.05) is 29.4 Å². The minimum atomic E-state index is -3.47. The fourth-order valence-electron chi connectivity index (χ4n) is 0.768. The zero-order chi connectivity index (χ0) is 12.1. The van der Waals surface area contributed by atoms with Crippen LogP contribution in [0.15, 0.2) is 0 Å². The summed E-state index contributed by atoms with van der Waals surface area (Å²) in [6.45, 7) is 1.69. The molecule has 0 aliphatic carbocycles. The quantitative estimate of drug-likeness (QED) is 0.475. The van der Waals surface area contributed by atoms with E-state index in [0.29, 0.717) is 12.2 Å². The fraction of sp³-hybridized carbons (Fsp3) is 0.857. The standard InChI is InChI=1S/C7H16N2O3S3/c1-6(7(8)13)15(11,12)9-4-3-5-14(2)10/h6,9H,3-5H2,1-2H3,(H2,8,13). The molecule has 3 N–H and O–H groups in total. The second-order valence-electron chi connectivity index (χ2n) is 3.11. The summed E-state index contributed by atoms with van der Waals surface area (Å²) in [7, 11) is -4.37. The van der Waals surface area contributed by atoms with Crippen LogP contribution in [0.3, 0.4) is 0 Å². The molecule has 0 amide bonds. The molecular weight excluding hydrogens is 256 g/mol. The Labute approximate surface area is 98.3 Å². The molecule has 5 nitrogen and oxygen atoms in total. The van der Waals surface area contributed by atoms with Gasteiger partial charge >= 0.3 is 0 Å². The third kappa shape index (κ3) is 6.18. The first kappa shape index (κ1) is 14.9. The van der Waals surface area contributed by atoms with Crippen molar-refractivity contribution in [1.82, 2.24) is 4.72 Å². The number of nitrogens with one attached hydrogen (secondary N) is 1. The SMILES string of the molecule is CC(C(N)=S)S(=O)(=O)NCCCS(C)=O. The van der Waals surface area contributed by atoms with Gasteiger partial charge in [-0.15, -0.1) is 0 Å². The Morgan fingerprint density at radius 2 is 2.13 bits per heavy atom. The van der Waals surface area contributed by atoms with E-state index in [0.717, 1.165) is 0 Å². The van der Waals surface area contributed by atoms with Crippen LogP contribution in [0, 0.1) is 0 Å². The van der Waals surface area contributed by atoms with E-state index in [4.69, 9.17) is 5.73 Å². The Morgan fingerprint density at radius 3 is 2.53 bits per heavy atom. The van der Waals surface area contributed by atoms with Crippen LogP contribution in [0.1, 0.15) is 13.3 Å². The van der Waals surface area contributed by atoms with Crippen LogP contribution in [0.25, 0.3) is 0 Å². The highest BCUT2D eigenvalue weighted by Gasteiger charge is 2.22. The third-order valence-corrected chi connectivity index (χ3v) is 4.94. The normalized spacial score (nSPS) is 15.9. The van der Waals surface area contributed by atoms with Gasteiger partial charge in [0.15, 0.2) is 0 Å². The minimum absolute atomic E-state index is 0.0541. The molecule has 0 aliphatic rings. The summed E-state index contributed by atoms with van der Waals surface area (Å²) < 4.78 is 36.0. The molecule has 0 aromatic heterocycles. The molecule has 0 bridgehead atoms. The largest absolute Gasteiger partial charge is 0.392 e. The van der Waals surface area contributed by atoms with E-state index >= 15 is 0 Å². The summed E-state index contributed by atoms with van der Waals surface area (Å²) in [6, 6.07) is 0. The molecule has 0 rings (SSSR count). The molecule has 15 heavy (non-hydrogen) atoms. The lowest BCUT2D eigenvalue weighted by atomic mass is 10.5. The number of hydrogen-bond donors (Lipinski definition) is 2. The van der Waals surface area contributed by atoms with Crippen molar-refractivity contribution in [3.63, 3.8) is 0 Å². The van der Waals surface area contributed by atoms with Gasteiger partial charge in [0.2, 0.25) is 10.0 Å². The van der Waals surface area contributed by atoms with Crippen LogP contribution in [0.5, 0.6) is 0 Å². The highest BCUT2D eigenvalue weighted by atomic mass is 32.2. The summed E-state index contributed by atoms with van der Waals surface area (Å²) in [6.07, 6.45) is 2.11. The van der Waals surface area contributed by atoms with Gasteiger partial charge < -0.3 is 5.73 Å². The van der Waals surface area contributed by atoms with Gasteiger partial charge in [-0.3, -0.25) is 4.21 Å². The predicted molar refractivity (Wildman–Crippen MR) is 66.7 cm³/mol. The minimum Gasteiger partial charge on any atom is -0.392 e. The summed E-state index contributed by atoms with van der Waals surface area (Å²) in [5.74, 6) is 0.476. The third-order valence-electron chi connectivity index (χ3n) is 1.78. The van der Waals surface area contributed by atoms with Crippen LogP contribution >= 0.6 is 12.2 Å². The van der Waals surface area contributed by atoms with E-state index in [2.05, 4.69) is 16.9 Å². The zero-order valence-electron chi connectivity index (χ0n) is 8.73. The maximum atomic E-state index is 11.5. The molecule has 0 fully saturated rings. The summed E-state index contributed by atoms with van der Waals surface area (Å²) in [4.78, 5) is -0.0541. The van der Waals surface area contributed by atoms with Crippen LogP contribution in [-0.2, 0) is 20.8 Å². The van der Waals surface area contributed by atoms with E-state index < -0.39 is 26.1 Å². The second-order valence-corrected chi connectivity index (χ2v) is 7.23. The van der Waals surface area contributed by atoms with E-state index in [1.165, 1.54) is 6.92 Å². The van der Waals surface area contributed by atoms with Crippen LogP contribution < -0.4 is 10.5 Å². The number of nitrogens with two attached hydrogens (primary N) is 1. The van der Waals surface area contributed by atoms with Crippen LogP contribution in [0.4, 0.5) is 0 Å². The molecule has 0 saturated carbocycles. The molecule has 90 valence electrons. The first-order valence-electron chi connectivity index (χ1n) is 4.35. The van der Waals surface area contributed by atoms with E-state index in [1.54, 1.807) is 6.26 Å². The van der Waals surface area contributed by atoms with Crippen molar-refractivity contribution < 1.29 is 12.6 Å². The average molecular weight is 272 g/mol. The van der Waals surface area contributed by atoms with Crippen molar-refractivity contribution in [3.05, 3.63) is 0 Å². The highest BCUT2D eigenvalue weighted by Crippen LogP contribution is 1.98. The molecule has 0 aromatic carbocycles. The topological polar surface area (TPSA) is 89.3 Å². The molecule has 0 saturated heterocycles. The van der Waals surface area contributed by atoms with E-state index in [-0.39, 0.29) is 11.5 Å².